The Balaban J connectivity index is 1.71. The topological polar surface area (TPSA) is 73.2 Å². The molecule has 0 aliphatic carbocycles. The smallest absolute Gasteiger partial charge is 0.410 e. The van der Waals surface area contributed by atoms with E-state index in [1.165, 1.54) is 30.3 Å². The lowest BCUT2D eigenvalue weighted by atomic mass is 10.1. The number of hydrogen-bond acceptors (Lipinski definition) is 5. The predicted octanol–water partition coefficient (Wildman–Crippen LogP) is 3.88. The van der Waals surface area contributed by atoms with Crippen molar-refractivity contribution in [2.75, 3.05) is 11.9 Å². The van der Waals surface area contributed by atoms with Gasteiger partial charge in [0, 0.05) is 22.7 Å². The highest BCUT2D eigenvalue weighted by Gasteiger charge is 2.45. The van der Waals surface area contributed by atoms with Crippen LogP contribution in [0.5, 0.6) is 0 Å². The van der Waals surface area contributed by atoms with Crippen molar-refractivity contribution < 1.29 is 27.5 Å². The highest BCUT2D eigenvalue weighted by atomic mass is 35.5. The fraction of sp³-hybridized carbons (Fsp3) is 0.353. The van der Waals surface area contributed by atoms with Crippen LogP contribution in [0.4, 0.5) is 19.0 Å². The highest BCUT2D eigenvalue weighted by molar-refractivity contribution is 6.30. The molecule has 1 aromatic carbocycles. The van der Waals surface area contributed by atoms with Gasteiger partial charge in [-0.2, -0.15) is 18.3 Å². The highest BCUT2D eigenvalue weighted by Crippen LogP contribution is 2.39. The summed E-state index contributed by atoms with van der Waals surface area (Å²) in [7, 11) is 0. The number of aromatic nitrogens is 2. The fourth-order valence-corrected chi connectivity index (χ4v) is 2.91. The van der Waals surface area contributed by atoms with Gasteiger partial charge in [-0.25, -0.2) is 9.48 Å². The van der Waals surface area contributed by atoms with E-state index in [-0.39, 0.29) is 17.9 Å². The van der Waals surface area contributed by atoms with Crippen LogP contribution in [0, 0.1) is 0 Å². The molecule has 0 unspecified atom stereocenters. The number of nitrogens with one attached hydrogen (secondary N) is 1. The van der Waals surface area contributed by atoms with E-state index in [1.54, 1.807) is 6.92 Å². The first-order valence-corrected chi connectivity index (χ1v) is 8.41. The number of esters is 1. The molecule has 3 rings (SSSR count). The maximum atomic E-state index is 13.2. The van der Waals surface area contributed by atoms with Crippen molar-refractivity contribution in [2.45, 2.75) is 31.6 Å². The van der Waals surface area contributed by atoms with Gasteiger partial charge < -0.3 is 10.1 Å². The molecule has 0 spiro atoms. The van der Waals surface area contributed by atoms with Crippen LogP contribution in [0.2, 0.25) is 5.02 Å². The lowest BCUT2D eigenvalue weighted by Gasteiger charge is -2.31. The normalized spacial score (nSPS) is 19.1. The van der Waals surface area contributed by atoms with Gasteiger partial charge in [0.2, 0.25) is 0 Å². The van der Waals surface area contributed by atoms with E-state index in [0.29, 0.717) is 10.6 Å². The van der Waals surface area contributed by atoms with Gasteiger partial charge in [-0.1, -0.05) is 11.6 Å². The molecule has 0 amide bonds. The van der Waals surface area contributed by atoms with Crippen molar-refractivity contribution in [3.8, 4) is 0 Å². The zero-order valence-electron chi connectivity index (χ0n) is 14.1. The van der Waals surface area contributed by atoms with Gasteiger partial charge in [0.15, 0.2) is 24.1 Å². The average Bonchev–Trinajstić information content (AvgIpc) is 3.02. The van der Waals surface area contributed by atoms with Crippen molar-refractivity contribution in [3.05, 3.63) is 46.6 Å². The molecule has 1 aromatic heterocycles. The maximum Gasteiger partial charge on any atom is 0.410 e. The summed E-state index contributed by atoms with van der Waals surface area (Å²) in [5.41, 5.74) is -0.00582. The largest absolute Gasteiger partial charge is 0.453 e. The Labute approximate surface area is 157 Å². The summed E-state index contributed by atoms with van der Waals surface area (Å²) in [5.74, 6) is -1.37. The van der Waals surface area contributed by atoms with Crippen molar-refractivity contribution in [3.63, 3.8) is 0 Å². The van der Waals surface area contributed by atoms with E-state index in [4.69, 9.17) is 16.3 Å². The summed E-state index contributed by atoms with van der Waals surface area (Å²) in [5, 5.41) is 7.02. The zero-order valence-corrected chi connectivity index (χ0v) is 14.8. The van der Waals surface area contributed by atoms with E-state index in [9.17, 15) is 22.8 Å². The Bertz CT molecular complexity index is 865. The molecule has 0 bridgehead atoms. The monoisotopic (exact) mass is 401 g/mol. The molecule has 0 saturated carbocycles. The first-order valence-electron chi connectivity index (χ1n) is 8.04. The summed E-state index contributed by atoms with van der Waals surface area (Å²) in [4.78, 5) is 24.1. The van der Waals surface area contributed by atoms with Gasteiger partial charge in [-0.05, 0) is 37.6 Å². The van der Waals surface area contributed by atoms with E-state index in [0.717, 1.165) is 4.68 Å². The number of anilines is 1. The molecule has 0 fully saturated rings. The van der Waals surface area contributed by atoms with Crippen LogP contribution < -0.4 is 5.32 Å². The number of carbonyl (C=O) groups is 2. The Hall–Kier alpha value is -2.55. The number of ether oxygens (including phenoxy) is 1. The number of nitrogens with zero attached hydrogens (tertiary/aromatic N) is 2. The molecule has 2 atom stereocenters. The van der Waals surface area contributed by atoms with Crippen LogP contribution in [0.15, 0.2) is 30.3 Å². The van der Waals surface area contributed by atoms with Crippen LogP contribution in [-0.2, 0) is 4.74 Å². The van der Waals surface area contributed by atoms with Crippen molar-refractivity contribution in [2.24, 2.45) is 0 Å². The standard InChI is InChI=1S/C17H15ClF3N3O3/c1-9-6-14(17(19,20)21)24-15(22-9)7-12(23-24)16(26)27-8-13(25)10-2-4-11(18)5-3-10/h2-5,7,9,14,22H,6,8H2,1H3/t9-,14+/m0/s1. The number of ketones is 1. The SMILES string of the molecule is C[C@H]1C[C@H](C(F)(F)F)n2nc(C(=O)OCC(=O)c3ccc(Cl)cc3)cc2N1. The van der Waals surface area contributed by atoms with Crippen molar-refractivity contribution in [1.29, 1.82) is 0 Å². The Kier molecular flexibility index (Phi) is 5.14. The number of Topliss-reactive ketones (excluding diaryl/α,β-unsaturated/α-hetero) is 1. The van der Waals surface area contributed by atoms with Gasteiger partial charge >= 0.3 is 12.1 Å². The van der Waals surface area contributed by atoms with E-state index in [1.807, 2.05) is 0 Å². The molecular formula is C17H15ClF3N3O3. The third-order valence-corrected chi connectivity index (χ3v) is 4.34. The summed E-state index contributed by atoms with van der Waals surface area (Å²) >= 11 is 5.73. The van der Waals surface area contributed by atoms with Crippen LogP contribution in [0.1, 0.15) is 40.2 Å². The summed E-state index contributed by atoms with van der Waals surface area (Å²) in [6.07, 6.45) is -4.70. The molecule has 2 aromatic rings. The molecule has 6 nitrogen and oxygen atoms in total. The molecular weight excluding hydrogens is 387 g/mol. The van der Waals surface area contributed by atoms with E-state index < -0.39 is 36.6 Å². The second-order valence-electron chi connectivity index (χ2n) is 6.20. The lowest BCUT2D eigenvalue weighted by molar-refractivity contribution is -0.173. The van der Waals surface area contributed by atoms with E-state index in [2.05, 4.69) is 10.4 Å². The Morgan fingerprint density at radius 3 is 2.63 bits per heavy atom. The van der Waals surface area contributed by atoms with Gasteiger partial charge in [0.05, 0.1) is 0 Å². The van der Waals surface area contributed by atoms with Crippen LogP contribution in [0.3, 0.4) is 0 Å². The van der Waals surface area contributed by atoms with Gasteiger partial charge in [-0.15, -0.1) is 0 Å². The predicted molar refractivity (Wildman–Crippen MR) is 91.1 cm³/mol. The van der Waals surface area contributed by atoms with Crippen LogP contribution in [0.25, 0.3) is 0 Å². The fourth-order valence-electron chi connectivity index (χ4n) is 2.78. The Morgan fingerprint density at radius 2 is 2.00 bits per heavy atom. The number of carbonyl (C=O) groups excluding carboxylic acids is 2. The minimum Gasteiger partial charge on any atom is -0.453 e. The molecule has 10 heteroatoms. The molecule has 1 aliphatic heterocycles. The third kappa shape index (κ3) is 4.24. The van der Waals surface area contributed by atoms with Gasteiger partial charge in [-0.3, -0.25) is 4.79 Å². The lowest BCUT2D eigenvalue weighted by Crippen LogP contribution is -2.37. The number of hydrogen-bond donors (Lipinski definition) is 1. The second kappa shape index (κ2) is 7.22. The quantitative estimate of drug-likeness (QED) is 0.621. The Morgan fingerprint density at radius 1 is 1.33 bits per heavy atom. The first-order chi connectivity index (χ1) is 12.6. The van der Waals surface area contributed by atoms with Crippen molar-refractivity contribution in [1.82, 2.24) is 9.78 Å². The maximum absolute atomic E-state index is 13.2. The molecule has 144 valence electrons. The number of benzene rings is 1. The minimum absolute atomic E-state index is 0.0760. The molecule has 1 N–H and O–H groups in total. The van der Waals surface area contributed by atoms with Gasteiger partial charge in [0.1, 0.15) is 5.82 Å². The summed E-state index contributed by atoms with van der Waals surface area (Å²) in [6.45, 7) is 1.05. The summed E-state index contributed by atoms with van der Waals surface area (Å²) < 4.78 is 45.3. The third-order valence-electron chi connectivity index (χ3n) is 4.09. The zero-order chi connectivity index (χ0) is 19.8. The summed E-state index contributed by atoms with van der Waals surface area (Å²) in [6, 6.07) is 4.91. The van der Waals surface area contributed by atoms with Gasteiger partial charge in [0.25, 0.3) is 0 Å². The number of alkyl halides is 3. The minimum atomic E-state index is -4.50. The molecule has 2 heterocycles. The molecule has 0 radical (unpaired) electrons. The molecule has 27 heavy (non-hydrogen) atoms. The molecule has 0 saturated heterocycles. The van der Waals surface area contributed by atoms with Crippen LogP contribution >= 0.6 is 11.6 Å². The van der Waals surface area contributed by atoms with E-state index >= 15 is 0 Å². The number of fused-ring (bicyclic) bond motifs is 1. The number of rotatable bonds is 4. The van der Waals surface area contributed by atoms with Crippen LogP contribution in [-0.4, -0.2) is 40.4 Å². The van der Waals surface area contributed by atoms with Crippen molar-refractivity contribution >= 4 is 29.2 Å². The average molecular weight is 402 g/mol. The number of halogens is 4. The first kappa shape index (κ1) is 19.2. The molecule has 1 aliphatic rings. The second-order valence-corrected chi connectivity index (χ2v) is 6.64.